The molecule has 0 aliphatic carbocycles. The third kappa shape index (κ3) is 3.77. The fourth-order valence-corrected chi connectivity index (χ4v) is 3.08. The largest absolute Gasteiger partial charge is 0.496 e. The molecule has 1 saturated heterocycles. The zero-order valence-corrected chi connectivity index (χ0v) is 14.6. The van der Waals surface area contributed by atoms with Crippen molar-refractivity contribution in [3.63, 3.8) is 0 Å². The summed E-state index contributed by atoms with van der Waals surface area (Å²) >= 11 is 5.88. The molecule has 1 heterocycles. The average Bonchev–Trinajstić information content (AvgIpc) is 3.02. The molecule has 25 heavy (non-hydrogen) atoms. The number of anilines is 1. The molecular formula is C19H19ClN2O3. The number of nitrogens with zero attached hydrogens (tertiary/aromatic N) is 1. The van der Waals surface area contributed by atoms with Gasteiger partial charge in [0, 0.05) is 29.4 Å². The monoisotopic (exact) mass is 358 g/mol. The van der Waals surface area contributed by atoms with E-state index in [4.69, 9.17) is 16.3 Å². The lowest BCUT2D eigenvalue weighted by molar-refractivity contribution is -0.132. The predicted octanol–water partition coefficient (Wildman–Crippen LogP) is 3.02. The first kappa shape index (κ1) is 17.3. The quantitative estimate of drug-likeness (QED) is 0.836. The molecule has 130 valence electrons. The molecule has 6 heteroatoms. The van der Waals surface area contributed by atoms with E-state index in [0.29, 0.717) is 30.3 Å². The molecule has 3 rings (SSSR count). The van der Waals surface area contributed by atoms with Gasteiger partial charge < -0.3 is 15.0 Å². The van der Waals surface area contributed by atoms with E-state index in [2.05, 4.69) is 5.32 Å². The molecule has 1 atom stereocenters. The molecular weight excluding hydrogens is 340 g/mol. The molecule has 2 amide bonds. The van der Waals surface area contributed by atoms with Crippen LogP contribution in [-0.4, -0.2) is 25.5 Å². The van der Waals surface area contributed by atoms with Crippen molar-refractivity contribution in [1.82, 2.24) is 5.32 Å². The summed E-state index contributed by atoms with van der Waals surface area (Å²) in [6.07, 6.45) is 0.499. The number of carbonyl (C=O) groups is 2. The second kappa shape index (κ2) is 7.57. The van der Waals surface area contributed by atoms with Gasteiger partial charge in [-0.15, -0.1) is 0 Å². The van der Waals surface area contributed by atoms with Gasteiger partial charge in [-0.25, -0.2) is 0 Å². The highest BCUT2D eigenvalue weighted by Gasteiger charge is 2.37. The Morgan fingerprint density at radius 2 is 1.96 bits per heavy atom. The summed E-state index contributed by atoms with van der Waals surface area (Å²) in [5.41, 5.74) is 1.63. The Morgan fingerprint density at radius 1 is 1.24 bits per heavy atom. The van der Waals surface area contributed by atoms with Crippen LogP contribution in [0.3, 0.4) is 0 Å². The third-order valence-corrected chi connectivity index (χ3v) is 4.56. The Labute approximate surface area is 151 Å². The number of ether oxygens (including phenoxy) is 1. The Balaban J connectivity index is 1.63. The zero-order chi connectivity index (χ0) is 17.8. The van der Waals surface area contributed by atoms with Crippen LogP contribution >= 0.6 is 11.6 Å². The number of rotatable bonds is 5. The van der Waals surface area contributed by atoms with Crippen molar-refractivity contribution in [3.8, 4) is 5.75 Å². The molecule has 1 N–H and O–H groups in total. The van der Waals surface area contributed by atoms with Gasteiger partial charge in [-0.3, -0.25) is 9.59 Å². The van der Waals surface area contributed by atoms with Gasteiger partial charge in [-0.1, -0.05) is 29.8 Å². The lowest BCUT2D eigenvalue weighted by atomic mass is 10.1. The molecule has 0 aromatic heterocycles. The van der Waals surface area contributed by atoms with Crippen LogP contribution in [-0.2, 0) is 16.1 Å². The molecule has 1 fully saturated rings. The van der Waals surface area contributed by atoms with Gasteiger partial charge in [0.15, 0.2) is 0 Å². The second-order valence-electron chi connectivity index (χ2n) is 5.84. The van der Waals surface area contributed by atoms with E-state index < -0.39 is 5.92 Å². The molecule has 1 aliphatic heterocycles. The SMILES string of the molecule is COc1ccccc1CNC(=O)C1CCN(c2ccc(Cl)cc2)C1=O. The van der Waals surface area contributed by atoms with E-state index in [0.717, 1.165) is 11.3 Å². The number of benzene rings is 2. The lowest BCUT2D eigenvalue weighted by Gasteiger charge is -2.17. The summed E-state index contributed by atoms with van der Waals surface area (Å²) in [5.74, 6) is -0.388. The van der Waals surface area contributed by atoms with Crippen LogP contribution in [0.5, 0.6) is 5.75 Å². The first-order valence-electron chi connectivity index (χ1n) is 8.06. The lowest BCUT2D eigenvalue weighted by Crippen LogP contribution is -2.36. The molecule has 0 bridgehead atoms. The standard InChI is InChI=1S/C19H19ClN2O3/c1-25-17-5-3-2-4-13(17)12-21-18(23)16-10-11-22(19(16)24)15-8-6-14(20)7-9-15/h2-9,16H,10-12H2,1H3,(H,21,23). The first-order valence-corrected chi connectivity index (χ1v) is 8.44. The van der Waals surface area contributed by atoms with Crippen molar-refractivity contribution in [2.45, 2.75) is 13.0 Å². The Hall–Kier alpha value is -2.53. The van der Waals surface area contributed by atoms with Crippen molar-refractivity contribution in [2.75, 3.05) is 18.6 Å². The third-order valence-electron chi connectivity index (χ3n) is 4.31. The molecule has 0 radical (unpaired) electrons. The Morgan fingerprint density at radius 3 is 2.68 bits per heavy atom. The van der Waals surface area contributed by atoms with Gasteiger partial charge in [0.1, 0.15) is 11.7 Å². The number of hydrogen-bond acceptors (Lipinski definition) is 3. The predicted molar refractivity (Wildman–Crippen MR) is 96.8 cm³/mol. The van der Waals surface area contributed by atoms with Gasteiger partial charge in [-0.2, -0.15) is 0 Å². The van der Waals surface area contributed by atoms with Crippen LogP contribution in [0.2, 0.25) is 5.02 Å². The first-order chi connectivity index (χ1) is 12.1. The van der Waals surface area contributed by atoms with Crippen molar-refractivity contribution < 1.29 is 14.3 Å². The van der Waals surface area contributed by atoms with Crippen molar-refractivity contribution in [2.24, 2.45) is 5.92 Å². The maximum Gasteiger partial charge on any atom is 0.239 e. The summed E-state index contributed by atoms with van der Waals surface area (Å²) in [7, 11) is 1.59. The van der Waals surface area contributed by atoms with Crippen LogP contribution < -0.4 is 15.0 Å². The molecule has 2 aromatic carbocycles. The molecule has 2 aromatic rings. The number of methoxy groups -OCH3 is 1. The van der Waals surface area contributed by atoms with E-state index in [1.54, 1.807) is 36.3 Å². The smallest absolute Gasteiger partial charge is 0.239 e. The summed E-state index contributed by atoms with van der Waals surface area (Å²) in [4.78, 5) is 26.6. The van der Waals surface area contributed by atoms with Crippen molar-refractivity contribution in [3.05, 3.63) is 59.1 Å². The molecule has 5 nitrogen and oxygen atoms in total. The summed E-state index contributed by atoms with van der Waals surface area (Å²) in [6, 6.07) is 14.5. The highest BCUT2D eigenvalue weighted by Crippen LogP contribution is 2.26. The van der Waals surface area contributed by atoms with Gasteiger partial charge in [-0.05, 0) is 36.8 Å². The normalized spacial score (nSPS) is 16.8. The van der Waals surface area contributed by atoms with E-state index in [-0.39, 0.29) is 11.8 Å². The molecule has 1 aliphatic rings. The fourth-order valence-electron chi connectivity index (χ4n) is 2.96. The van der Waals surface area contributed by atoms with Gasteiger partial charge >= 0.3 is 0 Å². The maximum atomic E-state index is 12.6. The number of amides is 2. The summed E-state index contributed by atoms with van der Waals surface area (Å²) in [6.45, 7) is 0.848. The Kier molecular flexibility index (Phi) is 5.24. The van der Waals surface area contributed by atoms with Gasteiger partial charge in [0.2, 0.25) is 11.8 Å². The minimum absolute atomic E-state index is 0.181. The number of para-hydroxylation sites is 1. The second-order valence-corrected chi connectivity index (χ2v) is 6.27. The van der Waals surface area contributed by atoms with Crippen LogP contribution in [0.15, 0.2) is 48.5 Å². The number of carbonyl (C=O) groups excluding carboxylic acids is 2. The molecule has 1 unspecified atom stereocenters. The van der Waals surface area contributed by atoms with E-state index in [1.165, 1.54) is 0 Å². The van der Waals surface area contributed by atoms with Crippen LogP contribution in [0, 0.1) is 5.92 Å². The minimum atomic E-state index is -0.662. The van der Waals surface area contributed by atoms with Gasteiger partial charge in [0.05, 0.1) is 7.11 Å². The molecule has 0 spiro atoms. The summed E-state index contributed by atoms with van der Waals surface area (Å²) in [5, 5.41) is 3.45. The number of nitrogens with one attached hydrogen (secondary N) is 1. The zero-order valence-electron chi connectivity index (χ0n) is 13.9. The van der Waals surface area contributed by atoms with Crippen LogP contribution in [0.25, 0.3) is 0 Å². The number of halogens is 1. The topological polar surface area (TPSA) is 58.6 Å². The Bertz CT molecular complexity index is 776. The van der Waals surface area contributed by atoms with Crippen LogP contribution in [0.1, 0.15) is 12.0 Å². The average molecular weight is 359 g/mol. The highest BCUT2D eigenvalue weighted by atomic mass is 35.5. The van der Waals surface area contributed by atoms with Gasteiger partial charge in [0.25, 0.3) is 0 Å². The van der Waals surface area contributed by atoms with E-state index in [1.807, 2.05) is 24.3 Å². The fraction of sp³-hybridized carbons (Fsp3) is 0.263. The van der Waals surface area contributed by atoms with E-state index in [9.17, 15) is 9.59 Å². The van der Waals surface area contributed by atoms with Crippen molar-refractivity contribution in [1.29, 1.82) is 0 Å². The maximum absolute atomic E-state index is 12.6. The van der Waals surface area contributed by atoms with E-state index >= 15 is 0 Å². The van der Waals surface area contributed by atoms with Crippen molar-refractivity contribution >= 4 is 29.1 Å². The number of hydrogen-bond donors (Lipinski definition) is 1. The molecule has 0 saturated carbocycles. The summed E-state index contributed by atoms with van der Waals surface area (Å²) < 4.78 is 5.27. The van der Waals surface area contributed by atoms with Crippen LogP contribution in [0.4, 0.5) is 5.69 Å². The minimum Gasteiger partial charge on any atom is -0.496 e. The highest BCUT2D eigenvalue weighted by molar-refractivity contribution is 6.30.